The Hall–Kier alpha value is -0.990. The first-order valence-electron chi connectivity index (χ1n) is 9.04. The number of unbranched alkanes of at least 4 members (excludes halogenated alkanes) is 8. The summed E-state index contributed by atoms with van der Waals surface area (Å²) in [4.78, 5) is 11.8. The molecule has 0 bridgehead atoms. The van der Waals surface area contributed by atoms with Crippen LogP contribution in [-0.2, 0) is 4.79 Å². The second-order valence-electron chi connectivity index (χ2n) is 6.12. The van der Waals surface area contributed by atoms with Gasteiger partial charge in [-0.1, -0.05) is 87.6 Å². The van der Waals surface area contributed by atoms with E-state index in [1.54, 1.807) is 24.3 Å². The molecular formula is C20H29Cl2NO. The van der Waals surface area contributed by atoms with Crippen LogP contribution in [-0.4, -0.2) is 12.5 Å². The molecule has 0 fully saturated rings. The number of rotatable bonds is 12. The standard InChI is InChI=1S/C20H29Cl2NO/c1-2-3-4-5-6-7-8-9-10-15-23-20(24)14-12-17-11-13-18(21)16-19(17)22/h11-14,16H,2-10,15H2,1H3,(H,23,24). The van der Waals surface area contributed by atoms with Crippen LogP contribution < -0.4 is 5.32 Å². The summed E-state index contributed by atoms with van der Waals surface area (Å²) in [5.74, 6) is -0.0828. The van der Waals surface area contributed by atoms with Gasteiger partial charge in [0.1, 0.15) is 0 Å². The van der Waals surface area contributed by atoms with Crippen molar-refractivity contribution in [3.8, 4) is 0 Å². The summed E-state index contributed by atoms with van der Waals surface area (Å²) in [6.45, 7) is 2.97. The van der Waals surface area contributed by atoms with Gasteiger partial charge in [-0.15, -0.1) is 0 Å². The number of carbonyl (C=O) groups is 1. The highest BCUT2D eigenvalue weighted by Crippen LogP contribution is 2.21. The number of halogens is 2. The van der Waals surface area contributed by atoms with Crippen molar-refractivity contribution >= 4 is 35.2 Å². The zero-order chi connectivity index (χ0) is 17.6. The van der Waals surface area contributed by atoms with E-state index in [9.17, 15) is 4.79 Å². The van der Waals surface area contributed by atoms with E-state index in [-0.39, 0.29) is 5.91 Å². The number of carbonyl (C=O) groups excluding carboxylic acids is 1. The average Bonchev–Trinajstić information content (AvgIpc) is 2.56. The van der Waals surface area contributed by atoms with Gasteiger partial charge < -0.3 is 5.32 Å². The molecule has 24 heavy (non-hydrogen) atoms. The van der Waals surface area contributed by atoms with E-state index in [2.05, 4.69) is 12.2 Å². The molecule has 0 atom stereocenters. The summed E-state index contributed by atoms with van der Waals surface area (Å²) in [7, 11) is 0. The van der Waals surface area contributed by atoms with Crippen LogP contribution in [0.2, 0.25) is 10.0 Å². The second kappa shape index (κ2) is 13.3. The van der Waals surface area contributed by atoms with E-state index in [4.69, 9.17) is 23.2 Å². The summed E-state index contributed by atoms with van der Waals surface area (Å²) in [5.41, 5.74) is 0.791. The van der Waals surface area contributed by atoms with Crippen LogP contribution in [0.1, 0.15) is 70.3 Å². The highest BCUT2D eigenvalue weighted by atomic mass is 35.5. The first kappa shape index (κ1) is 21.1. The zero-order valence-electron chi connectivity index (χ0n) is 14.6. The molecule has 0 spiro atoms. The summed E-state index contributed by atoms with van der Waals surface area (Å²) < 4.78 is 0. The fourth-order valence-corrected chi connectivity index (χ4v) is 2.98. The van der Waals surface area contributed by atoms with Crippen molar-refractivity contribution in [2.24, 2.45) is 0 Å². The molecule has 1 rings (SSSR count). The monoisotopic (exact) mass is 369 g/mol. The van der Waals surface area contributed by atoms with Gasteiger partial charge in [-0.3, -0.25) is 4.79 Å². The van der Waals surface area contributed by atoms with Crippen molar-refractivity contribution in [1.29, 1.82) is 0 Å². The first-order valence-corrected chi connectivity index (χ1v) is 9.80. The number of benzene rings is 1. The summed E-state index contributed by atoms with van der Waals surface area (Å²) in [6.07, 6.45) is 14.8. The molecule has 1 amide bonds. The van der Waals surface area contributed by atoms with E-state index in [0.29, 0.717) is 10.0 Å². The molecule has 0 saturated carbocycles. The molecule has 4 heteroatoms. The Bertz CT molecular complexity index is 514. The quantitative estimate of drug-likeness (QED) is 0.324. The predicted octanol–water partition coefficient (Wildman–Crippen LogP) is 6.65. The minimum atomic E-state index is -0.0828. The first-order chi connectivity index (χ1) is 11.6. The average molecular weight is 370 g/mol. The fourth-order valence-electron chi connectivity index (χ4n) is 2.51. The zero-order valence-corrected chi connectivity index (χ0v) is 16.1. The smallest absolute Gasteiger partial charge is 0.243 e. The van der Waals surface area contributed by atoms with E-state index in [1.807, 2.05) is 0 Å². The normalized spacial score (nSPS) is 11.1. The van der Waals surface area contributed by atoms with Gasteiger partial charge in [0.05, 0.1) is 0 Å². The Kier molecular flexibility index (Phi) is 11.7. The summed E-state index contributed by atoms with van der Waals surface area (Å²) in [5, 5.41) is 4.04. The maximum atomic E-state index is 11.8. The van der Waals surface area contributed by atoms with Crippen molar-refractivity contribution in [2.75, 3.05) is 6.54 Å². The summed E-state index contributed by atoms with van der Waals surface area (Å²) >= 11 is 11.9. The van der Waals surface area contributed by atoms with E-state index in [1.165, 1.54) is 57.4 Å². The van der Waals surface area contributed by atoms with Crippen molar-refractivity contribution in [1.82, 2.24) is 5.32 Å². The van der Waals surface area contributed by atoms with Crippen LogP contribution in [0.15, 0.2) is 24.3 Å². The molecule has 0 heterocycles. The van der Waals surface area contributed by atoms with Gasteiger partial charge in [0.15, 0.2) is 0 Å². The minimum Gasteiger partial charge on any atom is -0.353 e. The molecule has 134 valence electrons. The molecule has 0 radical (unpaired) electrons. The van der Waals surface area contributed by atoms with Gasteiger partial charge in [0, 0.05) is 22.7 Å². The molecule has 0 aliphatic carbocycles. The molecule has 2 nitrogen and oxygen atoms in total. The van der Waals surface area contributed by atoms with Gasteiger partial charge in [-0.2, -0.15) is 0 Å². The molecular weight excluding hydrogens is 341 g/mol. The molecule has 0 aliphatic heterocycles. The number of nitrogens with one attached hydrogen (secondary N) is 1. The molecule has 0 unspecified atom stereocenters. The second-order valence-corrected chi connectivity index (χ2v) is 6.96. The maximum absolute atomic E-state index is 11.8. The lowest BCUT2D eigenvalue weighted by atomic mass is 10.1. The van der Waals surface area contributed by atoms with Crippen LogP contribution in [0.25, 0.3) is 6.08 Å². The third-order valence-electron chi connectivity index (χ3n) is 3.96. The van der Waals surface area contributed by atoms with Crippen LogP contribution in [0.3, 0.4) is 0 Å². The van der Waals surface area contributed by atoms with Gasteiger partial charge >= 0.3 is 0 Å². The lowest BCUT2D eigenvalue weighted by Crippen LogP contribution is -2.21. The molecule has 0 aromatic heterocycles. The van der Waals surface area contributed by atoms with Crippen molar-refractivity contribution in [2.45, 2.75) is 64.7 Å². The van der Waals surface area contributed by atoms with Crippen molar-refractivity contribution < 1.29 is 4.79 Å². The SMILES string of the molecule is CCCCCCCCCCCNC(=O)C=Cc1ccc(Cl)cc1Cl. The Morgan fingerprint density at radius 2 is 1.62 bits per heavy atom. The molecule has 0 saturated heterocycles. The lowest BCUT2D eigenvalue weighted by molar-refractivity contribution is -0.116. The number of hydrogen-bond acceptors (Lipinski definition) is 1. The number of amides is 1. The van der Waals surface area contributed by atoms with Crippen LogP contribution in [0.5, 0.6) is 0 Å². The van der Waals surface area contributed by atoms with Crippen molar-refractivity contribution in [3.63, 3.8) is 0 Å². The van der Waals surface area contributed by atoms with Gasteiger partial charge in [0.25, 0.3) is 0 Å². The lowest BCUT2D eigenvalue weighted by Gasteiger charge is -2.03. The van der Waals surface area contributed by atoms with Crippen LogP contribution in [0, 0.1) is 0 Å². The molecule has 1 aromatic rings. The Labute approximate surface area is 156 Å². The van der Waals surface area contributed by atoms with E-state index in [0.717, 1.165) is 18.5 Å². The van der Waals surface area contributed by atoms with Crippen molar-refractivity contribution in [3.05, 3.63) is 39.9 Å². The van der Waals surface area contributed by atoms with Gasteiger partial charge in [0.2, 0.25) is 5.91 Å². The highest BCUT2D eigenvalue weighted by molar-refractivity contribution is 6.35. The van der Waals surface area contributed by atoms with Crippen LogP contribution >= 0.6 is 23.2 Å². The largest absolute Gasteiger partial charge is 0.353 e. The van der Waals surface area contributed by atoms with E-state index >= 15 is 0 Å². The van der Waals surface area contributed by atoms with E-state index < -0.39 is 0 Å². The predicted molar refractivity (Wildman–Crippen MR) is 106 cm³/mol. The summed E-state index contributed by atoms with van der Waals surface area (Å²) in [6, 6.07) is 5.23. The Morgan fingerprint density at radius 1 is 1.00 bits per heavy atom. The topological polar surface area (TPSA) is 29.1 Å². The Morgan fingerprint density at radius 3 is 2.25 bits per heavy atom. The fraction of sp³-hybridized carbons (Fsp3) is 0.550. The third kappa shape index (κ3) is 10.00. The highest BCUT2D eigenvalue weighted by Gasteiger charge is 1.99. The van der Waals surface area contributed by atoms with Gasteiger partial charge in [-0.25, -0.2) is 0 Å². The molecule has 1 N–H and O–H groups in total. The Balaban J connectivity index is 2.07. The maximum Gasteiger partial charge on any atom is 0.243 e. The molecule has 0 aliphatic rings. The van der Waals surface area contributed by atoms with Crippen LogP contribution in [0.4, 0.5) is 0 Å². The number of hydrogen-bond donors (Lipinski definition) is 1. The molecule has 1 aromatic carbocycles. The van der Waals surface area contributed by atoms with Gasteiger partial charge in [-0.05, 0) is 30.2 Å². The minimum absolute atomic E-state index is 0.0828. The third-order valence-corrected chi connectivity index (χ3v) is 4.52.